The first-order chi connectivity index (χ1) is 8.45. The minimum absolute atomic E-state index is 0.0453. The molecule has 1 unspecified atom stereocenters. The number of hydrogen-bond acceptors (Lipinski definition) is 3. The van der Waals surface area contributed by atoms with Gasteiger partial charge in [0, 0.05) is 24.3 Å². The lowest BCUT2D eigenvalue weighted by atomic mass is 10.0. The Morgan fingerprint density at radius 1 is 1.39 bits per heavy atom. The van der Waals surface area contributed by atoms with Crippen LogP contribution in [0.2, 0.25) is 0 Å². The predicted molar refractivity (Wildman–Crippen MR) is 74.9 cm³/mol. The summed E-state index contributed by atoms with van der Waals surface area (Å²) in [4.78, 5) is 16.4. The van der Waals surface area contributed by atoms with Gasteiger partial charge in [-0.25, -0.2) is 4.98 Å². The van der Waals surface area contributed by atoms with Gasteiger partial charge in [0.15, 0.2) is 0 Å². The Hall–Kier alpha value is -1.16. The second kappa shape index (κ2) is 6.69. The molecule has 1 rings (SSSR count). The molecule has 0 spiro atoms. The average Bonchev–Trinajstić information content (AvgIpc) is 2.26. The minimum Gasteiger partial charge on any atom is -0.312 e. The third-order valence-electron chi connectivity index (χ3n) is 3.17. The third kappa shape index (κ3) is 3.95. The molecule has 0 aromatic carbocycles. The molecule has 0 aliphatic heterocycles. The molecular formula is C14H25N3O. The smallest absolute Gasteiger partial charge is 0.253 e. The van der Waals surface area contributed by atoms with Crippen molar-refractivity contribution in [3.63, 3.8) is 0 Å². The van der Waals surface area contributed by atoms with E-state index in [1.165, 1.54) is 0 Å². The summed E-state index contributed by atoms with van der Waals surface area (Å²) >= 11 is 0. The van der Waals surface area contributed by atoms with Crippen LogP contribution >= 0.6 is 0 Å². The molecule has 0 radical (unpaired) electrons. The van der Waals surface area contributed by atoms with E-state index in [-0.39, 0.29) is 5.56 Å². The first-order valence-electron chi connectivity index (χ1n) is 6.74. The maximum absolute atomic E-state index is 12.0. The van der Waals surface area contributed by atoms with E-state index in [0.717, 1.165) is 24.5 Å². The summed E-state index contributed by atoms with van der Waals surface area (Å²) in [6, 6.07) is 1.91. The molecule has 0 aliphatic carbocycles. The standard InChI is InChI=1S/C14H25N3O/c1-6-7-15-13(10(2)3)9-17-12(5)16-11(4)8-14(17)18/h8,10,13,15H,6-7,9H2,1-5H3. The molecular weight excluding hydrogens is 226 g/mol. The molecule has 18 heavy (non-hydrogen) atoms. The van der Waals surface area contributed by atoms with Gasteiger partial charge < -0.3 is 5.32 Å². The molecule has 1 aromatic rings. The fourth-order valence-electron chi connectivity index (χ4n) is 2.02. The predicted octanol–water partition coefficient (Wildman–Crippen LogP) is 1.88. The summed E-state index contributed by atoms with van der Waals surface area (Å²) in [6.07, 6.45) is 1.10. The number of nitrogens with one attached hydrogen (secondary N) is 1. The zero-order valence-electron chi connectivity index (χ0n) is 12.2. The van der Waals surface area contributed by atoms with Crippen molar-refractivity contribution in [2.75, 3.05) is 6.54 Å². The summed E-state index contributed by atoms with van der Waals surface area (Å²) < 4.78 is 1.76. The van der Waals surface area contributed by atoms with Crippen molar-refractivity contribution in [2.24, 2.45) is 5.92 Å². The fourth-order valence-corrected chi connectivity index (χ4v) is 2.02. The number of nitrogens with zero attached hydrogens (tertiary/aromatic N) is 2. The minimum atomic E-state index is 0.0453. The Balaban J connectivity index is 2.90. The van der Waals surface area contributed by atoms with Gasteiger partial charge in [-0.3, -0.25) is 9.36 Å². The SMILES string of the molecule is CCCNC(Cn1c(C)nc(C)cc1=O)C(C)C. The molecule has 0 fully saturated rings. The van der Waals surface area contributed by atoms with Crippen molar-refractivity contribution in [3.8, 4) is 0 Å². The highest BCUT2D eigenvalue weighted by Crippen LogP contribution is 2.05. The van der Waals surface area contributed by atoms with E-state index in [0.29, 0.717) is 18.5 Å². The number of hydrogen-bond donors (Lipinski definition) is 1. The normalized spacial score (nSPS) is 13.0. The van der Waals surface area contributed by atoms with Gasteiger partial charge in [0.05, 0.1) is 0 Å². The molecule has 1 heterocycles. The number of rotatable bonds is 6. The molecule has 1 N–H and O–H groups in total. The van der Waals surface area contributed by atoms with Crippen LogP contribution < -0.4 is 10.9 Å². The van der Waals surface area contributed by atoms with Crippen LogP contribution in [-0.4, -0.2) is 22.1 Å². The summed E-state index contributed by atoms with van der Waals surface area (Å²) in [5.74, 6) is 1.29. The van der Waals surface area contributed by atoms with Gasteiger partial charge in [-0.15, -0.1) is 0 Å². The number of aryl methyl sites for hydroxylation is 2. The first kappa shape index (κ1) is 14.9. The van der Waals surface area contributed by atoms with E-state index < -0.39 is 0 Å². The topological polar surface area (TPSA) is 46.9 Å². The van der Waals surface area contributed by atoms with Crippen LogP contribution in [0.15, 0.2) is 10.9 Å². The van der Waals surface area contributed by atoms with Crippen LogP contribution in [0, 0.1) is 19.8 Å². The fraction of sp³-hybridized carbons (Fsp3) is 0.714. The quantitative estimate of drug-likeness (QED) is 0.840. The summed E-state index contributed by atoms with van der Waals surface area (Å²) in [5.41, 5.74) is 0.834. The van der Waals surface area contributed by atoms with Gasteiger partial charge in [-0.1, -0.05) is 20.8 Å². The molecule has 0 saturated heterocycles. The zero-order chi connectivity index (χ0) is 13.7. The molecule has 0 amide bonds. The van der Waals surface area contributed by atoms with E-state index in [2.05, 4.69) is 31.1 Å². The maximum atomic E-state index is 12.0. The van der Waals surface area contributed by atoms with Gasteiger partial charge in [0.25, 0.3) is 5.56 Å². The van der Waals surface area contributed by atoms with Crippen LogP contribution in [0.3, 0.4) is 0 Å². The second-order valence-electron chi connectivity index (χ2n) is 5.20. The third-order valence-corrected chi connectivity index (χ3v) is 3.17. The Kier molecular flexibility index (Phi) is 5.54. The van der Waals surface area contributed by atoms with Gasteiger partial charge in [-0.05, 0) is 32.7 Å². The first-order valence-corrected chi connectivity index (χ1v) is 6.74. The van der Waals surface area contributed by atoms with Crippen molar-refractivity contribution in [2.45, 2.75) is 53.6 Å². The number of aromatic nitrogens is 2. The Bertz CT molecular complexity index is 437. The molecule has 0 aliphatic rings. The van der Waals surface area contributed by atoms with Gasteiger partial charge in [-0.2, -0.15) is 0 Å². The maximum Gasteiger partial charge on any atom is 0.253 e. The van der Waals surface area contributed by atoms with Crippen LogP contribution in [-0.2, 0) is 6.54 Å². The highest BCUT2D eigenvalue weighted by Gasteiger charge is 2.15. The zero-order valence-corrected chi connectivity index (χ0v) is 12.2. The van der Waals surface area contributed by atoms with Crippen LogP contribution in [0.5, 0.6) is 0 Å². The van der Waals surface area contributed by atoms with E-state index in [4.69, 9.17) is 0 Å². The Morgan fingerprint density at radius 3 is 2.56 bits per heavy atom. The Morgan fingerprint density at radius 2 is 2.06 bits per heavy atom. The van der Waals surface area contributed by atoms with Crippen LogP contribution in [0.25, 0.3) is 0 Å². The second-order valence-corrected chi connectivity index (χ2v) is 5.20. The van der Waals surface area contributed by atoms with Gasteiger partial charge >= 0.3 is 0 Å². The Labute approximate surface area is 109 Å². The largest absolute Gasteiger partial charge is 0.312 e. The van der Waals surface area contributed by atoms with Gasteiger partial charge in [0.2, 0.25) is 0 Å². The van der Waals surface area contributed by atoms with E-state index >= 15 is 0 Å². The highest BCUT2D eigenvalue weighted by atomic mass is 16.1. The van der Waals surface area contributed by atoms with Crippen molar-refractivity contribution >= 4 is 0 Å². The summed E-state index contributed by atoms with van der Waals surface area (Å²) in [5, 5.41) is 3.50. The van der Waals surface area contributed by atoms with Crippen molar-refractivity contribution in [1.82, 2.24) is 14.9 Å². The molecule has 1 atom stereocenters. The van der Waals surface area contributed by atoms with Crippen LogP contribution in [0.4, 0.5) is 0 Å². The van der Waals surface area contributed by atoms with Crippen LogP contribution in [0.1, 0.15) is 38.7 Å². The summed E-state index contributed by atoms with van der Waals surface area (Å²) in [7, 11) is 0. The lowest BCUT2D eigenvalue weighted by Gasteiger charge is -2.24. The van der Waals surface area contributed by atoms with Crippen molar-refractivity contribution in [1.29, 1.82) is 0 Å². The lowest BCUT2D eigenvalue weighted by molar-refractivity contribution is 0.348. The molecule has 102 valence electrons. The lowest BCUT2D eigenvalue weighted by Crippen LogP contribution is -2.41. The average molecular weight is 251 g/mol. The molecule has 0 bridgehead atoms. The van der Waals surface area contributed by atoms with E-state index in [1.54, 1.807) is 10.6 Å². The molecule has 4 heteroatoms. The monoisotopic (exact) mass is 251 g/mol. The van der Waals surface area contributed by atoms with E-state index in [9.17, 15) is 4.79 Å². The van der Waals surface area contributed by atoms with Crippen molar-refractivity contribution < 1.29 is 0 Å². The van der Waals surface area contributed by atoms with E-state index in [1.807, 2.05) is 13.8 Å². The molecule has 0 saturated carbocycles. The van der Waals surface area contributed by atoms with Gasteiger partial charge in [0.1, 0.15) is 5.82 Å². The highest BCUT2D eigenvalue weighted by molar-refractivity contribution is 5.02. The van der Waals surface area contributed by atoms with Crippen molar-refractivity contribution in [3.05, 3.63) is 27.9 Å². The summed E-state index contributed by atoms with van der Waals surface area (Å²) in [6.45, 7) is 11.9. The molecule has 1 aromatic heterocycles. The molecule has 4 nitrogen and oxygen atoms in total.